The van der Waals surface area contributed by atoms with Crippen molar-refractivity contribution in [3.8, 4) is 0 Å². The Bertz CT molecular complexity index is 206. The molecular weight excluding hydrogens is 176 g/mol. The van der Waals surface area contributed by atoms with Gasteiger partial charge in [-0.25, -0.2) is 8.78 Å². The van der Waals surface area contributed by atoms with Gasteiger partial charge in [-0.2, -0.15) is 0 Å². The number of allylic oxidation sites excluding steroid dienone is 2. The van der Waals surface area contributed by atoms with Crippen molar-refractivity contribution in [3.63, 3.8) is 0 Å². The minimum absolute atomic E-state index is 0.406. The number of amides is 1. The van der Waals surface area contributed by atoms with E-state index in [4.69, 9.17) is 0 Å². The summed E-state index contributed by atoms with van der Waals surface area (Å²) in [5, 5.41) is 0. The summed E-state index contributed by atoms with van der Waals surface area (Å²) < 4.78 is 23.5. The van der Waals surface area contributed by atoms with E-state index < -0.39 is 19.0 Å². The van der Waals surface area contributed by atoms with E-state index in [1.54, 1.807) is 6.08 Å². The predicted octanol–water partition coefficient (Wildman–Crippen LogP) is 1.84. The van der Waals surface area contributed by atoms with Gasteiger partial charge in [0.05, 0.1) is 13.1 Å². The molecule has 1 saturated heterocycles. The van der Waals surface area contributed by atoms with Crippen LogP contribution in [-0.4, -0.2) is 30.3 Å². The number of halogens is 2. The average Bonchev–Trinajstić information content (AvgIpc) is 2.01. The van der Waals surface area contributed by atoms with Crippen LogP contribution < -0.4 is 0 Å². The zero-order chi connectivity index (χ0) is 10.5. The van der Waals surface area contributed by atoms with Gasteiger partial charge < -0.3 is 4.90 Å². The molecule has 2 nitrogen and oxygen atoms in total. The third-order valence-corrected chi connectivity index (χ3v) is 1.37. The third-order valence-electron chi connectivity index (χ3n) is 1.37. The topological polar surface area (TPSA) is 20.3 Å². The highest BCUT2D eigenvalue weighted by Crippen LogP contribution is 2.24. The molecule has 1 amide bonds. The Kier molecular flexibility index (Phi) is 4.31. The van der Waals surface area contributed by atoms with E-state index in [0.29, 0.717) is 6.41 Å². The maximum atomic E-state index is 11.8. The van der Waals surface area contributed by atoms with E-state index in [1.807, 2.05) is 6.92 Å². The van der Waals surface area contributed by atoms with E-state index in [2.05, 4.69) is 13.2 Å². The van der Waals surface area contributed by atoms with Crippen molar-refractivity contribution in [1.29, 1.82) is 0 Å². The summed E-state index contributed by atoms with van der Waals surface area (Å²) in [6.45, 7) is 8.11. The molecule has 1 aliphatic heterocycles. The zero-order valence-electron chi connectivity index (χ0n) is 7.59. The molecule has 0 bridgehead atoms. The minimum atomic E-state index is -2.61. The molecule has 0 spiro atoms. The van der Waals surface area contributed by atoms with Crippen LogP contribution in [0.25, 0.3) is 0 Å². The molecule has 1 rings (SSSR count). The molecule has 1 fully saturated rings. The lowest BCUT2D eigenvalue weighted by Gasteiger charge is -2.35. The van der Waals surface area contributed by atoms with Crippen LogP contribution in [-0.2, 0) is 4.79 Å². The summed E-state index contributed by atoms with van der Waals surface area (Å²) in [4.78, 5) is 10.7. The van der Waals surface area contributed by atoms with Crippen molar-refractivity contribution in [3.05, 3.63) is 24.8 Å². The first-order chi connectivity index (χ1) is 5.91. The molecule has 0 aliphatic carbocycles. The standard InChI is InChI=1S/C5H8.C4H5F2NO/c1-4-5(2)3;5-4(6)1-7(2-4)3-8/h4H,1-2H2,3H3;3H,1-2H2. The quantitative estimate of drug-likeness (QED) is 0.479. The average molecular weight is 189 g/mol. The monoisotopic (exact) mass is 189 g/mol. The van der Waals surface area contributed by atoms with Crippen molar-refractivity contribution in [2.75, 3.05) is 13.1 Å². The fourth-order valence-electron chi connectivity index (χ4n) is 0.622. The van der Waals surface area contributed by atoms with Crippen LogP contribution >= 0.6 is 0 Å². The van der Waals surface area contributed by atoms with Crippen LogP contribution in [0, 0.1) is 0 Å². The van der Waals surface area contributed by atoms with E-state index in [1.165, 1.54) is 0 Å². The first kappa shape index (κ1) is 11.8. The maximum Gasteiger partial charge on any atom is 0.282 e. The second-order valence-electron chi connectivity index (χ2n) is 2.92. The number of alkyl halides is 2. The molecule has 0 aromatic rings. The van der Waals surface area contributed by atoms with Gasteiger partial charge in [0.15, 0.2) is 0 Å². The summed E-state index contributed by atoms with van der Waals surface area (Å²) in [5.74, 6) is -2.61. The van der Waals surface area contributed by atoms with Crippen molar-refractivity contribution >= 4 is 6.41 Å². The summed E-state index contributed by atoms with van der Waals surface area (Å²) in [5.41, 5.74) is 1.02. The van der Waals surface area contributed by atoms with Crippen LogP contribution in [0.1, 0.15) is 6.92 Å². The van der Waals surface area contributed by atoms with Crippen molar-refractivity contribution in [2.45, 2.75) is 12.8 Å². The maximum absolute atomic E-state index is 11.8. The number of carbonyl (C=O) groups is 1. The Balaban J connectivity index is 0.000000252. The normalized spacial score (nSPS) is 17.6. The highest BCUT2D eigenvalue weighted by molar-refractivity contribution is 5.49. The molecule has 0 N–H and O–H groups in total. The predicted molar refractivity (Wildman–Crippen MR) is 47.6 cm³/mol. The molecule has 0 aromatic heterocycles. The lowest BCUT2D eigenvalue weighted by Crippen LogP contribution is -2.55. The number of rotatable bonds is 2. The third kappa shape index (κ3) is 5.11. The second kappa shape index (κ2) is 4.74. The molecule has 0 radical (unpaired) electrons. The Labute approximate surface area is 76.5 Å². The van der Waals surface area contributed by atoms with Gasteiger partial charge in [0, 0.05) is 0 Å². The number of hydrogen-bond donors (Lipinski definition) is 0. The Morgan fingerprint density at radius 1 is 1.54 bits per heavy atom. The molecule has 13 heavy (non-hydrogen) atoms. The van der Waals surface area contributed by atoms with Gasteiger partial charge in [-0.15, -0.1) is 0 Å². The fourth-order valence-corrected chi connectivity index (χ4v) is 0.622. The summed E-state index contributed by atoms with van der Waals surface area (Å²) in [6, 6.07) is 0. The van der Waals surface area contributed by atoms with Gasteiger partial charge in [-0.3, -0.25) is 4.79 Å². The number of likely N-dealkylation sites (tertiary alicyclic amines) is 1. The molecule has 0 unspecified atom stereocenters. The summed E-state index contributed by atoms with van der Waals surface area (Å²) in [6.07, 6.45) is 2.15. The SMILES string of the molecule is C=CC(=C)C.O=CN1CC(F)(F)C1. The van der Waals surface area contributed by atoms with Crippen LogP contribution in [0.15, 0.2) is 24.8 Å². The molecule has 4 heteroatoms. The molecule has 0 atom stereocenters. The van der Waals surface area contributed by atoms with Gasteiger partial charge >= 0.3 is 0 Å². The summed E-state index contributed by atoms with van der Waals surface area (Å²) in [7, 11) is 0. The second-order valence-corrected chi connectivity index (χ2v) is 2.92. The van der Waals surface area contributed by atoms with E-state index in [0.717, 1.165) is 10.5 Å². The van der Waals surface area contributed by atoms with Gasteiger partial charge in [0.25, 0.3) is 5.92 Å². The fraction of sp³-hybridized carbons (Fsp3) is 0.444. The Morgan fingerprint density at radius 3 is 2.00 bits per heavy atom. The van der Waals surface area contributed by atoms with Crippen LogP contribution in [0.3, 0.4) is 0 Å². The highest BCUT2D eigenvalue weighted by Gasteiger charge is 2.42. The summed E-state index contributed by atoms with van der Waals surface area (Å²) >= 11 is 0. The molecule has 0 saturated carbocycles. The Morgan fingerprint density at radius 2 is 1.92 bits per heavy atom. The lowest BCUT2D eigenvalue weighted by molar-refractivity contribution is -0.153. The Hall–Kier alpha value is -1.19. The number of carbonyl (C=O) groups excluding carboxylic acids is 1. The number of hydrogen-bond acceptors (Lipinski definition) is 1. The molecular formula is C9H13F2NO. The molecule has 1 aliphatic rings. The van der Waals surface area contributed by atoms with E-state index in [-0.39, 0.29) is 0 Å². The van der Waals surface area contributed by atoms with Crippen molar-refractivity contribution in [1.82, 2.24) is 4.90 Å². The smallest absolute Gasteiger partial charge is 0.282 e. The van der Waals surface area contributed by atoms with Crippen LogP contribution in [0.5, 0.6) is 0 Å². The first-order valence-electron chi connectivity index (χ1n) is 3.76. The van der Waals surface area contributed by atoms with Crippen LogP contribution in [0.2, 0.25) is 0 Å². The van der Waals surface area contributed by atoms with Gasteiger partial charge in [0.1, 0.15) is 0 Å². The number of nitrogens with zero attached hydrogens (tertiary/aromatic N) is 1. The van der Waals surface area contributed by atoms with Gasteiger partial charge in [-0.05, 0) is 6.92 Å². The van der Waals surface area contributed by atoms with E-state index in [9.17, 15) is 13.6 Å². The molecule has 0 aromatic carbocycles. The zero-order valence-corrected chi connectivity index (χ0v) is 7.59. The lowest BCUT2D eigenvalue weighted by atomic mass is 10.2. The van der Waals surface area contributed by atoms with Crippen molar-refractivity contribution in [2.24, 2.45) is 0 Å². The minimum Gasteiger partial charge on any atom is -0.333 e. The largest absolute Gasteiger partial charge is 0.333 e. The van der Waals surface area contributed by atoms with Gasteiger partial charge in [-0.1, -0.05) is 24.8 Å². The molecule has 74 valence electrons. The van der Waals surface area contributed by atoms with Gasteiger partial charge in [0.2, 0.25) is 6.41 Å². The van der Waals surface area contributed by atoms with E-state index >= 15 is 0 Å². The first-order valence-corrected chi connectivity index (χ1v) is 3.76. The highest BCUT2D eigenvalue weighted by atomic mass is 19.3. The van der Waals surface area contributed by atoms with Crippen molar-refractivity contribution < 1.29 is 13.6 Å². The molecule has 1 heterocycles. The van der Waals surface area contributed by atoms with Crippen LogP contribution in [0.4, 0.5) is 8.78 Å².